The van der Waals surface area contributed by atoms with E-state index in [2.05, 4.69) is 4.74 Å². The van der Waals surface area contributed by atoms with Crippen molar-refractivity contribution in [3.05, 3.63) is 35.1 Å². The molecule has 3 rings (SSSR count). The maximum absolute atomic E-state index is 11.8. The summed E-state index contributed by atoms with van der Waals surface area (Å²) in [6.07, 6.45) is -22.0. The van der Waals surface area contributed by atoms with Gasteiger partial charge in [-0.3, -0.25) is 0 Å². The van der Waals surface area contributed by atoms with E-state index in [1.54, 1.807) is 0 Å². The van der Waals surface area contributed by atoms with Crippen LogP contribution in [0.2, 0.25) is 0 Å². The maximum Gasteiger partial charge on any atom is 0.218 e. The summed E-state index contributed by atoms with van der Waals surface area (Å²) in [5, 5.41) is 125. The molecular formula is C27H44O20. The second-order valence-corrected chi connectivity index (χ2v) is 11.1. The van der Waals surface area contributed by atoms with Crippen LogP contribution in [0.15, 0.2) is 35.1 Å². The monoisotopic (exact) mass is 688 g/mol. The molecule has 0 aliphatic carbocycles. The lowest BCUT2D eigenvalue weighted by Crippen LogP contribution is -2.71. The summed E-state index contributed by atoms with van der Waals surface area (Å²) in [6.45, 7) is 1.40. The predicted molar refractivity (Wildman–Crippen MR) is 149 cm³/mol. The summed E-state index contributed by atoms with van der Waals surface area (Å²) >= 11 is 0. The third kappa shape index (κ3) is 8.20. The standard InChI is InChI=1S/C27H44O20/c1-9(44-25-20(35)17(32)13(40-3)7-42-25)16(31)19(34)24(38)47-14-8-43-26(45-10(2)15(30)18(33)23(37)41-4)21(36)27(14,39)22-12(29)5-11(6-28)46-22/h6,9-10,12-14,17,20-26,28-39H,5,7-8H2,1-4H3/b11-6+,18-15-,19-16-/t9?,10?,12?,13-,14?,17?,20?,21?,22?,23?,24?,25?,26?,27?/m1/s1. The lowest BCUT2D eigenvalue weighted by atomic mass is 9.80. The van der Waals surface area contributed by atoms with Crippen LogP contribution in [-0.4, -0.2) is 174 Å². The van der Waals surface area contributed by atoms with E-state index in [0.29, 0.717) is 6.26 Å². The highest BCUT2D eigenvalue weighted by Crippen LogP contribution is 2.41. The van der Waals surface area contributed by atoms with E-state index in [-0.39, 0.29) is 18.8 Å². The van der Waals surface area contributed by atoms with Crippen molar-refractivity contribution in [3.63, 3.8) is 0 Å². The molecule has 47 heavy (non-hydrogen) atoms. The van der Waals surface area contributed by atoms with E-state index in [4.69, 9.17) is 33.2 Å². The molecule has 0 amide bonds. The predicted octanol–water partition coefficient (Wildman–Crippen LogP) is -2.79. The number of methoxy groups -OCH3 is 2. The molecule has 20 heteroatoms. The smallest absolute Gasteiger partial charge is 0.218 e. The van der Waals surface area contributed by atoms with Gasteiger partial charge in [-0.25, -0.2) is 0 Å². The summed E-state index contributed by atoms with van der Waals surface area (Å²) in [5.41, 5.74) is -2.78. The van der Waals surface area contributed by atoms with Gasteiger partial charge >= 0.3 is 0 Å². The number of aliphatic hydroxyl groups excluding tert-OH is 11. The van der Waals surface area contributed by atoms with Gasteiger partial charge in [0, 0.05) is 20.6 Å². The molecule has 0 aromatic heterocycles. The summed E-state index contributed by atoms with van der Waals surface area (Å²) in [4.78, 5) is 0. The SMILES string of the molecule is COC(O)/C(O)=C(/O)C(C)OC1OCC(OC(O)/C(O)=C(/O)C(C)OC2OC[C@@H](OC)C(O)C2O)C(O)(C2O/C(=C/O)CC2O)C1O. The molecule has 0 radical (unpaired) electrons. The molecule has 3 fully saturated rings. The minimum Gasteiger partial charge on any atom is -0.512 e. The largest absolute Gasteiger partial charge is 0.512 e. The molecule has 20 nitrogen and oxygen atoms in total. The quantitative estimate of drug-likeness (QED) is 0.0687. The van der Waals surface area contributed by atoms with Crippen LogP contribution in [0.4, 0.5) is 0 Å². The van der Waals surface area contributed by atoms with Crippen molar-refractivity contribution in [3.8, 4) is 0 Å². The lowest BCUT2D eigenvalue weighted by Gasteiger charge is -2.49. The molecular weight excluding hydrogens is 644 g/mol. The van der Waals surface area contributed by atoms with Gasteiger partial charge in [-0.1, -0.05) is 0 Å². The number of hydrogen-bond acceptors (Lipinski definition) is 20. The Hall–Kier alpha value is -2.54. The minimum atomic E-state index is -2.78. The molecule has 0 aromatic carbocycles. The Bertz CT molecular complexity index is 1130. The van der Waals surface area contributed by atoms with Crippen LogP contribution >= 0.6 is 0 Å². The second-order valence-electron chi connectivity index (χ2n) is 11.1. The number of ether oxygens (including phenoxy) is 8. The highest BCUT2D eigenvalue weighted by Gasteiger charge is 2.62. The van der Waals surface area contributed by atoms with Crippen LogP contribution in [-0.2, 0) is 37.9 Å². The van der Waals surface area contributed by atoms with Crippen LogP contribution in [0.1, 0.15) is 20.3 Å². The molecule has 0 bridgehead atoms. The van der Waals surface area contributed by atoms with Gasteiger partial charge in [0.15, 0.2) is 47.3 Å². The first kappa shape index (κ1) is 38.9. The van der Waals surface area contributed by atoms with Gasteiger partial charge in [-0.15, -0.1) is 0 Å². The molecule has 3 aliphatic rings. The van der Waals surface area contributed by atoms with Crippen molar-refractivity contribution in [2.24, 2.45) is 0 Å². The first-order chi connectivity index (χ1) is 22.0. The Morgan fingerprint density at radius 3 is 1.89 bits per heavy atom. The second kappa shape index (κ2) is 16.2. The molecule has 0 saturated carbocycles. The molecule has 13 unspecified atom stereocenters. The first-order valence-corrected chi connectivity index (χ1v) is 14.3. The van der Waals surface area contributed by atoms with Crippen molar-refractivity contribution in [1.29, 1.82) is 0 Å². The fourth-order valence-corrected chi connectivity index (χ4v) is 5.14. The zero-order valence-electron chi connectivity index (χ0n) is 25.8. The third-order valence-corrected chi connectivity index (χ3v) is 7.99. The van der Waals surface area contributed by atoms with Gasteiger partial charge in [-0.05, 0) is 13.8 Å². The summed E-state index contributed by atoms with van der Waals surface area (Å²) in [7, 11) is 2.32. The van der Waals surface area contributed by atoms with Crippen molar-refractivity contribution < 1.29 is 99.2 Å². The molecule has 272 valence electrons. The van der Waals surface area contributed by atoms with E-state index in [1.165, 1.54) is 21.0 Å². The van der Waals surface area contributed by atoms with E-state index in [1.807, 2.05) is 0 Å². The van der Waals surface area contributed by atoms with Gasteiger partial charge in [0.1, 0.15) is 60.9 Å². The number of rotatable bonds is 13. The Morgan fingerprint density at radius 1 is 0.809 bits per heavy atom. The van der Waals surface area contributed by atoms with E-state index >= 15 is 0 Å². The molecule has 3 saturated heterocycles. The molecule has 14 atom stereocenters. The number of hydrogen-bond donors (Lipinski definition) is 12. The van der Waals surface area contributed by atoms with E-state index in [0.717, 1.165) is 7.11 Å². The van der Waals surface area contributed by atoms with Crippen LogP contribution < -0.4 is 0 Å². The molecule has 3 heterocycles. The van der Waals surface area contributed by atoms with Gasteiger partial charge in [0.25, 0.3) is 0 Å². The fraction of sp³-hybridized carbons (Fsp3) is 0.778. The van der Waals surface area contributed by atoms with Gasteiger partial charge in [-0.2, -0.15) is 0 Å². The maximum atomic E-state index is 11.8. The fourth-order valence-electron chi connectivity index (χ4n) is 5.14. The molecule has 0 spiro atoms. The molecule has 0 aromatic rings. The van der Waals surface area contributed by atoms with Crippen molar-refractivity contribution in [2.45, 2.75) is 106 Å². The van der Waals surface area contributed by atoms with Gasteiger partial charge < -0.3 is 99.2 Å². The van der Waals surface area contributed by atoms with Gasteiger partial charge in [0.05, 0.1) is 13.2 Å². The summed E-state index contributed by atoms with van der Waals surface area (Å²) < 4.78 is 41.8. The molecule has 3 aliphatic heterocycles. The topological polar surface area (TPSA) is 317 Å². The number of aliphatic hydroxyl groups is 12. The summed E-state index contributed by atoms with van der Waals surface area (Å²) in [6, 6.07) is 0. The Balaban J connectivity index is 1.83. The van der Waals surface area contributed by atoms with Crippen LogP contribution in [0.5, 0.6) is 0 Å². The van der Waals surface area contributed by atoms with Crippen LogP contribution in [0.3, 0.4) is 0 Å². The minimum absolute atomic E-state index is 0.186. The summed E-state index contributed by atoms with van der Waals surface area (Å²) in [5.74, 6) is -4.46. The highest BCUT2D eigenvalue weighted by molar-refractivity contribution is 5.15. The zero-order valence-corrected chi connectivity index (χ0v) is 25.8. The van der Waals surface area contributed by atoms with Crippen molar-refractivity contribution in [1.82, 2.24) is 0 Å². The van der Waals surface area contributed by atoms with Crippen molar-refractivity contribution in [2.75, 3.05) is 27.4 Å². The average molecular weight is 689 g/mol. The van der Waals surface area contributed by atoms with Crippen molar-refractivity contribution >= 4 is 0 Å². The van der Waals surface area contributed by atoms with Crippen LogP contribution in [0.25, 0.3) is 0 Å². The van der Waals surface area contributed by atoms with Crippen LogP contribution in [0, 0.1) is 0 Å². The Morgan fingerprint density at radius 2 is 1.36 bits per heavy atom. The lowest BCUT2D eigenvalue weighted by molar-refractivity contribution is -0.350. The van der Waals surface area contributed by atoms with Gasteiger partial charge in [0.2, 0.25) is 12.6 Å². The Kier molecular flexibility index (Phi) is 13.4. The third-order valence-electron chi connectivity index (χ3n) is 7.99. The normalized spacial score (nSPS) is 39.4. The van der Waals surface area contributed by atoms with E-state index in [9.17, 15) is 61.3 Å². The average Bonchev–Trinajstić information content (AvgIpc) is 3.45. The zero-order chi connectivity index (χ0) is 35.4. The highest BCUT2D eigenvalue weighted by atomic mass is 16.7. The first-order valence-electron chi connectivity index (χ1n) is 14.3. The Labute approximate surface area is 268 Å². The van der Waals surface area contributed by atoms with E-state index < -0.39 is 115 Å². The molecule has 12 N–H and O–H groups in total.